The zero-order chi connectivity index (χ0) is 12.0. The summed E-state index contributed by atoms with van der Waals surface area (Å²) in [5.74, 6) is -0.0502. The second-order valence-corrected chi connectivity index (χ2v) is 6.14. The van der Waals surface area contributed by atoms with Crippen LogP contribution >= 0.6 is 11.3 Å². The molecule has 0 saturated carbocycles. The van der Waals surface area contributed by atoms with Gasteiger partial charge < -0.3 is 5.11 Å². The molecule has 5 nitrogen and oxygen atoms in total. The fourth-order valence-corrected chi connectivity index (χ4v) is 3.43. The lowest BCUT2D eigenvalue weighted by molar-refractivity contribution is 0.295. The second-order valence-electron chi connectivity index (χ2n) is 3.35. The number of aromatic nitrogens is 1. The third-order valence-electron chi connectivity index (χ3n) is 2.05. The summed E-state index contributed by atoms with van der Waals surface area (Å²) >= 11 is 1.43. The molecule has 1 aromatic heterocycles. The monoisotopic (exact) mass is 264 g/mol. The molecule has 1 aromatic rings. The van der Waals surface area contributed by atoms with Crippen LogP contribution in [-0.4, -0.2) is 30.9 Å². The molecular weight excluding hydrogens is 248 g/mol. The third kappa shape index (κ3) is 4.17. The summed E-state index contributed by atoms with van der Waals surface area (Å²) in [5.41, 5.74) is 0. The van der Waals surface area contributed by atoms with Crippen LogP contribution in [0.15, 0.2) is 11.6 Å². The van der Waals surface area contributed by atoms with Gasteiger partial charge in [-0.1, -0.05) is 6.92 Å². The molecule has 0 radical (unpaired) electrons. The molecule has 0 fully saturated rings. The number of thiazole rings is 1. The minimum Gasteiger partial charge on any atom is -0.396 e. The van der Waals surface area contributed by atoms with Gasteiger partial charge in [0, 0.05) is 18.2 Å². The van der Waals surface area contributed by atoms with Crippen molar-refractivity contribution in [3.63, 3.8) is 0 Å². The molecule has 0 bridgehead atoms. The molecule has 0 saturated heterocycles. The molecule has 2 N–H and O–H groups in total. The van der Waals surface area contributed by atoms with E-state index < -0.39 is 10.0 Å². The van der Waals surface area contributed by atoms with Crippen LogP contribution in [0.1, 0.15) is 30.8 Å². The highest BCUT2D eigenvalue weighted by Gasteiger charge is 2.19. The van der Waals surface area contributed by atoms with Gasteiger partial charge in [0.2, 0.25) is 10.0 Å². The number of aliphatic hydroxyl groups is 1. The van der Waals surface area contributed by atoms with Crippen LogP contribution < -0.4 is 4.72 Å². The van der Waals surface area contributed by atoms with Gasteiger partial charge in [-0.05, 0) is 12.8 Å². The Kier molecular flexibility index (Phi) is 5.33. The Balaban J connectivity index is 2.63. The highest BCUT2D eigenvalue weighted by Crippen LogP contribution is 2.19. The summed E-state index contributed by atoms with van der Waals surface area (Å²) in [7, 11) is -3.32. The number of sulfonamides is 1. The smallest absolute Gasteiger partial charge is 0.212 e. The third-order valence-corrected chi connectivity index (χ3v) is 4.41. The molecule has 1 rings (SSSR count). The first-order chi connectivity index (χ1) is 7.59. The Morgan fingerprint density at radius 2 is 2.38 bits per heavy atom. The van der Waals surface area contributed by atoms with Gasteiger partial charge in [0.05, 0.1) is 11.8 Å². The SMILES string of the molecule is CCC(NS(=O)(=O)CCCO)c1nccs1. The largest absolute Gasteiger partial charge is 0.396 e. The van der Waals surface area contributed by atoms with Gasteiger partial charge in [-0.2, -0.15) is 0 Å². The van der Waals surface area contributed by atoms with Gasteiger partial charge >= 0.3 is 0 Å². The van der Waals surface area contributed by atoms with Gasteiger partial charge in [-0.3, -0.25) is 0 Å². The van der Waals surface area contributed by atoms with Crippen LogP contribution in [0, 0.1) is 0 Å². The van der Waals surface area contributed by atoms with Gasteiger partial charge in [0.25, 0.3) is 0 Å². The van der Waals surface area contributed by atoms with E-state index >= 15 is 0 Å². The van der Waals surface area contributed by atoms with Crippen molar-refractivity contribution in [1.82, 2.24) is 9.71 Å². The number of aliphatic hydroxyl groups excluding tert-OH is 1. The van der Waals surface area contributed by atoms with Crippen molar-refractivity contribution in [2.24, 2.45) is 0 Å². The molecule has 0 aliphatic carbocycles. The topological polar surface area (TPSA) is 79.3 Å². The summed E-state index contributed by atoms with van der Waals surface area (Å²) in [5, 5.41) is 11.2. The highest BCUT2D eigenvalue weighted by atomic mass is 32.2. The van der Waals surface area contributed by atoms with E-state index in [4.69, 9.17) is 5.11 Å². The predicted octanol–water partition coefficient (Wildman–Crippen LogP) is 0.896. The van der Waals surface area contributed by atoms with Crippen LogP contribution in [-0.2, 0) is 10.0 Å². The molecule has 1 atom stereocenters. The van der Waals surface area contributed by atoms with Gasteiger partial charge in [0.1, 0.15) is 5.01 Å². The van der Waals surface area contributed by atoms with E-state index in [0.29, 0.717) is 6.42 Å². The van der Waals surface area contributed by atoms with Crippen molar-refractivity contribution >= 4 is 21.4 Å². The van der Waals surface area contributed by atoms with E-state index in [-0.39, 0.29) is 24.8 Å². The van der Waals surface area contributed by atoms with E-state index in [9.17, 15) is 8.42 Å². The van der Waals surface area contributed by atoms with E-state index in [2.05, 4.69) is 9.71 Å². The number of hydrogen-bond acceptors (Lipinski definition) is 5. The Hall–Kier alpha value is -0.500. The first-order valence-corrected chi connectivity index (χ1v) is 7.62. The van der Waals surface area contributed by atoms with E-state index in [0.717, 1.165) is 5.01 Å². The molecule has 1 unspecified atom stereocenters. The molecule has 0 aliphatic heterocycles. The molecular formula is C9H16N2O3S2. The Morgan fingerprint density at radius 1 is 1.62 bits per heavy atom. The number of nitrogens with one attached hydrogen (secondary N) is 1. The molecule has 16 heavy (non-hydrogen) atoms. The van der Waals surface area contributed by atoms with Crippen molar-refractivity contribution in [3.8, 4) is 0 Å². The number of nitrogens with zero attached hydrogens (tertiary/aromatic N) is 1. The maximum atomic E-state index is 11.6. The molecule has 92 valence electrons. The fourth-order valence-electron chi connectivity index (χ4n) is 1.25. The maximum absolute atomic E-state index is 11.6. The van der Waals surface area contributed by atoms with Crippen molar-refractivity contribution in [2.75, 3.05) is 12.4 Å². The molecule has 7 heteroatoms. The van der Waals surface area contributed by atoms with Gasteiger partial charge in [0.15, 0.2) is 0 Å². The quantitative estimate of drug-likeness (QED) is 0.766. The minimum atomic E-state index is -3.32. The van der Waals surface area contributed by atoms with Crippen LogP contribution in [0.5, 0.6) is 0 Å². The first kappa shape index (κ1) is 13.6. The minimum absolute atomic E-state index is 0.0502. The molecule has 0 aromatic carbocycles. The van der Waals surface area contributed by atoms with Crippen LogP contribution in [0.3, 0.4) is 0 Å². The van der Waals surface area contributed by atoms with Crippen LogP contribution in [0.2, 0.25) is 0 Å². The Morgan fingerprint density at radius 3 is 2.88 bits per heavy atom. The van der Waals surface area contributed by atoms with E-state index in [1.54, 1.807) is 6.20 Å². The van der Waals surface area contributed by atoms with Crippen molar-refractivity contribution < 1.29 is 13.5 Å². The summed E-state index contributed by atoms with van der Waals surface area (Å²) in [6.07, 6.45) is 2.57. The normalized spacial score (nSPS) is 13.9. The predicted molar refractivity (Wildman–Crippen MR) is 63.8 cm³/mol. The maximum Gasteiger partial charge on any atom is 0.212 e. The van der Waals surface area contributed by atoms with Crippen molar-refractivity contribution in [2.45, 2.75) is 25.8 Å². The lowest BCUT2D eigenvalue weighted by atomic mass is 10.3. The number of hydrogen-bond donors (Lipinski definition) is 2. The summed E-state index contributed by atoms with van der Waals surface area (Å²) < 4.78 is 25.8. The lowest BCUT2D eigenvalue weighted by Gasteiger charge is -2.14. The van der Waals surface area contributed by atoms with Crippen LogP contribution in [0.4, 0.5) is 0 Å². The van der Waals surface area contributed by atoms with Crippen LogP contribution in [0.25, 0.3) is 0 Å². The average Bonchev–Trinajstić information content (AvgIpc) is 2.76. The van der Waals surface area contributed by atoms with Crippen molar-refractivity contribution in [3.05, 3.63) is 16.6 Å². The summed E-state index contributed by atoms with van der Waals surface area (Å²) in [4.78, 5) is 4.09. The standard InChI is InChI=1S/C9H16N2O3S2/c1-2-8(9-10-4-6-15-9)11-16(13,14)7-3-5-12/h4,6,8,11-12H,2-3,5,7H2,1H3. The Labute approximate surface area is 99.6 Å². The molecule has 0 amide bonds. The zero-order valence-electron chi connectivity index (χ0n) is 9.09. The Bertz CT molecular complexity index is 389. The van der Waals surface area contributed by atoms with E-state index in [1.807, 2.05) is 12.3 Å². The lowest BCUT2D eigenvalue weighted by Crippen LogP contribution is -2.30. The summed E-state index contributed by atoms with van der Waals surface area (Å²) in [6, 6.07) is -0.260. The van der Waals surface area contributed by atoms with E-state index in [1.165, 1.54) is 11.3 Å². The zero-order valence-corrected chi connectivity index (χ0v) is 10.7. The molecule has 0 aliphatic rings. The van der Waals surface area contributed by atoms with Gasteiger partial charge in [-0.15, -0.1) is 11.3 Å². The summed E-state index contributed by atoms with van der Waals surface area (Å²) in [6.45, 7) is 1.79. The molecule has 1 heterocycles. The van der Waals surface area contributed by atoms with Gasteiger partial charge in [-0.25, -0.2) is 18.1 Å². The average molecular weight is 264 g/mol. The fraction of sp³-hybridized carbons (Fsp3) is 0.667. The highest BCUT2D eigenvalue weighted by molar-refractivity contribution is 7.89. The first-order valence-electron chi connectivity index (χ1n) is 5.09. The second kappa shape index (κ2) is 6.29. The van der Waals surface area contributed by atoms with Crippen molar-refractivity contribution in [1.29, 1.82) is 0 Å². The molecule has 0 spiro atoms. The number of rotatable bonds is 7.